The number of aromatic nitrogens is 3. The van der Waals surface area contributed by atoms with Gasteiger partial charge in [0.15, 0.2) is 5.69 Å². The molecular weight excluding hydrogens is 718 g/mol. The van der Waals surface area contributed by atoms with Crippen LogP contribution in [-0.4, -0.2) is 70.3 Å². The Labute approximate surface area is 334 Å². The van der Waals surface area contributed by atoms with Crippen LogP contribution in [0.1, 0.15) is 80.3 Å². The van der Waals surface area contributed by atoms with Crippen LogP contribution in [0.25, 0.3) is 55.6 Å². The summed E-state index contributed by atoms with van der Waals surface area (Å²) in [6.45, 7) is 8.21. The van der Waals surface area contributed by atoms with Crippen molar-refractivity contribution in [3.8, 4) is 39.4 Å². The molecule has 56 heavy (non-hydrogen) atoms. The number of fused-ring (bicyclic) bond motifs is 7. The smallest absolute Gasteiger partial charge is 0.354 e. The van der Waals surface area contributed by atoms with Crippen molar-refractivity contribution in [2.24, 2.45) is 5.92 Å². The Balaban J connectivity index is 1.22. The van der Waals surface area contributed by atoms with Gasteiger partial charge in [-0.2, -0.15) is 0 Å². The van der Waals surface area contributed by atoms with Crippen LogP contribution in [0.15, 0.2) is 78.9 Å². The number of carboxylic acid groups (broad SMARTS) is 1. The number of rotatable bonds is 9. The summed E-state index contributed by atoms with van der Waals surface area (Å²) in [6.07, 6.45) is 9.60. The van der Waals surface area contributed by atoms with Gasteiger partial charge >= 0.3 is 5.97 Å². The average Bonchev–Trinajstić information content (AvgIpc) is 3.47. The Hall–Kier alpha value is -4.92. The van der Waals surface area contributed by atoms with Gasteiger partial charge in [-0.3, -0.25) is 0 Å². The van der Waals surface area contributed by atoms with Crippen LogP contribution in [-0.2, 0) is 6.54 Å². The Morgan fingerprint density at radius 3 is 2.43 bits per heavy atom. The lowest BCUT2D eigenvalue weighted by molar-refractivity contribution is 0.0691. The van der Waals surface area contributed by atoms with Gasteiger partial charge in [-0.15, -0.1) is 0 Å². The zero-order chi connectivity index (χ0) is 38.3. The molecule has 288 valence electrons. The maximum absolute atomic E-state index is 12.2. The maximum Gasteiger partial charge on any atom is 0.354 e. The molecule has 0 bridgehead atoms. The van der Waals surface area contributed by atoms with E-state index in [0.717, 1.165) is 102 Å². The topological polar surface area (TPSA) is 83.7 Å². The van der Waals surface area contributed by atoms with Crippen molar-refractivity contribution in [3.05, 3.63) is 95.1 Å². The molecule has 0 radical (unpaired) electrons. The van der Waals surface area contributed by atoms with E-state index in [9.17, 15) is 9.90 Å². The van der Waals surface area contributed by atoms with Gasteiger partial charge in [0.1, 0.15) is 11.4 Å². The Morgan fingerprint density at radius 2 is 1.64 bits per heavy atom. The SMILES string of the molecule is CCN1CCCC(CCN2CCn3c(c(C4CCCCC4)c4ccc(C(=O)O)nc43)-c3ccc4nc(-c5cc(OC)ccc5-c5ccc(Cl)cc5)ccc4c32)C1. The highest BCUT2D eigenvalue weighted by molar-refractivity contribution is 6.30. The zero-order valence-corrected chi connectivity index (χ0v) is 33.2. The molecule has 3 aromatic heterocycles. The highest BCUT2D eigenvalue weighted by Crippen LogP contribution is 2.49. The Kier molecular flexibility index (Phi) is 10.2. The summed E-state index contributed by atoms with van der Waals surface area (Å²) in [4.78, 5) is 27.7. The number of carboxylic acids is 1. The summed E-state index contributed by atoms with van der Waals surface area (Å²) in [5, 5.41) is 13.0. The number of methoxy groups -OCH3 is 1. The first kappa shape index (κ1) is 36.7. The van der Waals surface area contributed by atoms with Gasteiger partial charge in [-0.1, -0.05) is 56.0 Å². The van der Waals surface area contributed by atoms with Crippen LogP contribution < -0.4 is 9.64 Å². The monoisotopic (exact) mass is 767 g/mol. The predicted octanol–water partition coefficient (Wildman–Crippen LogP) is 10.9. The number of anilines is 1. The number of piperidine rings is 1. The minimum Gasteiger partial charge on any atom is -0.497 e. The number of carbonyl (C=O) groups is 1. The van der Waals surface area contributed by atoms with Gasteiger partial charge in [-0.05, 0) is 134 Å². The highest BCUT2D eigenvalue weighted by atomic mass is 35.5. The van der Waals surface area contributed by atoms with Crippen LogP contribution in [0.4, 0.5) is 5.69 Å². The molecule has 3 aromatic carbocycles. The maximum atomic E-state index is 12.2. The first-order valence-electron chi connectivity index (χ1n) is 20.5. The molecule has 8 nitrogen and oxygen atoms in total. The Morgan fingerprint density at radius 1 is 0.839 bits per heavy atom. The summed E-state index contributed by atoms with van der Waals surface area (Å²) in [7, 11) is 1.70. The summed E-state index contributed by atoms with van der Waals surface area (Å²) < 4.78 is 8.06. The number of aromatic carboxylic acids is 1. The van der Waals surface area contributed by atoms with E-state index >= 15 is 0 Å². The van der Waals surface area contributed by atoms with Crippen molar-refractivity contribution in [1.29, 1.82) is 0 Å². The number of nitrogens with zero attached hydrogens (tertiary/aromatic N) is 5. The van der Waals surface area contributed by atoms with Crippen molar-refractivity contribution in [2.75, 3.05) is 44.7 Å². The predicted molar refractivity (Wildman–Crippen MR) is 227 cm³/mol. The van der Waals surface area contributed by atoms with Crippen LogP contribution in [0.2, 0.25) is 5.02 Å². The molecule has 3 aliphatic rings. The summed E-state index contributed by atoms with van der Waals surface area (Å²) in [6, 6.07) is 26.7. The van der Waals surface area contributed by atoms with E-state index in [1.165, 1.54) is 61.2 Å². The molecule has 6 aromatic rings. The van der Waals surface area contributed by atoms with Gasteiger partial charge < -0.3 is 24.2 Å². The third kappa shape index (κ3) is 6.81. The van der Waals surface area contributed by atoms with E-state index in [2.05, 4.69) is 69.8 Å². The second kappa shape index (κ2) is 15.5. The van der Waals surface area contributed by atoms with Crippen LogP contribution in [0.5, 0.6) is 5.75 Å². The number of ether oxygens (including phenoxy) is 1. The van der Waals surface area contributed by atoms with Crippen molar-refractivity contribution in [3.63, 3.8) is 0 Å². The highest BCUT2D eigenvalue weighted by Gasteiger charge is 2.33. The largest absolute Gasteiger partial charge is 0.497 e. The molecule has 0 amide bonds. The lowest BCUT2D eigenvalue weighted by atomic mass is 9.81. The van der Waals surface area contributed by atoms with Crippen LogP contribution >= 0.6 is 11.6 Å². The third-order valence-corrected chi connectivity index (χ3v) is 13.0. The second-order valence-corrected chi connectivity index (χ2v) is 16.4. The molecule has 1 saturated heterocycles. The number of likely N-dealkylation sites (tertiary alicyclic amines) is 1. The number of halogens is 1. The number of hydrogen-bond donors (Lipinski definition) is 1. The van der Waals surface area contributed by atoms with E-state index in [1.807, 2.05) is 24.3 Å². The fraction of sp³-hybridized carbons (Fsp3) is 0.383. The normalized spacial score (nSPS) is 17.8. The lowest BCUT2D eigenvalue weighted by Gasteiger charge is -2.34. The van der Waals surface area contributed by atoms with Gasteiger partial charge in [0.05, 0.1) is 29.7 Å². The van der Waals surface area contributed by atoms with Crippen molar-refractivity contribution < 1.29 is 14.6 Å². The fourth-order valence-corrected chi connectivity index (χ4v) is 9.98. The van der Waals surface area contributed by atoms with Gasteiger partial charge in [0.2, 0.25) is 0 Å². The molecule has 5 heterocycles. The molecule has 1 aliphatic carbocycles. The molecular formula is C47H50ClN5O3. The van der Waals surface area contributed by atoms with Crippen molar-refractivity contribution in [1.82, 2.24) is 19.4 Å². The molecule has 2 aliphatic heterocycles. The number of benzene rings is 3. The van der Waals surface area contributed by atoms with Crippen molar-refractivity contribution >= 4 is 45.2 Å². The fourth-order valence-electron chi connectivity index (χ4n) is 9.86. The van der Waals surface area contributed by atoms with E-state index in [4.69, 9.17) is 26.3 Å². The van der Waals surface area contributed by atoms with E-state index in [-0.39, 0.29) is 5.69 Å². The molecule has 2 fully saturated rings. The van der Waals surface area contributed by atoms with E-state index < -0.39 is 5.97 Å². The van der Waals surface area contributed by atoms with Crippen LogP contribution in [0.3, 0.4) is 0 Å². The minimum absolute atomic E-state index is 0.0952. The minimum atomic E-state index is -0.992. The number of pyridine rings is 2. The van der Waals surface area contributed by atoms with E-state index in [1.54, 1.807) is 13.2 Å². The first-order valence-corrected chi connectivity index (χ1v) is 20.9. The molecule has 9 heteroatoms. The standard InChI is InChI=1S/C47H50ClN5O3/c1-3-51-24-7-8-30(29-51)23-25-52-26-27-53-45(43(32-9-5-4-6-10-32)37-18-22-42(47(54)55)50-46(37)53)38-19-21-40-36(44(38)52)17-20-41(49-40)39-28-34(56-2)15-16-35(39)31-11-13-33(48)14-12-31/h11-22,28,30,32H,3-10,23-27,29H2,1-2H3,(H,54,55). The average molecular weight is 768 g/mol. The first-order chi connectivity index (χ1) is 27.4. The molecule has 9 rings (SSSR count). The van der Waals surface area contributed by atoms with Gasteiger partial charge in [0.25, 0.3) is 0 Å². The molecule has 1 atom stereocenters. The number of hydrogen-bond acceptors (Lipinski definition) is 6. The summed E-state index contributed by atoms with van der Waals surface area (Å²) in [5.41, 5.74) is 10.8. The zero-order valence-electron chi connectivity index (χ0n) is 32.4. The van der Waals surface area contributed by atoms with Gasteiger partial charge in [-0.25, -0.2) is 14.8 Å². The lowest BCUT2D eigenvalue weighted by Crippen LogP contribution is -2.37. The molecule has 0 spiro atoms. The van der Waals surface area contributed by atoms with Gasteiger partial charge in [0, 0.05) is 53.1 Å². The quantitative estimate of drug-likeness (QED) is 0.157. The van der Waals surface area contributed by atoms with E-state index in [0.29, 0.717) is 16.9 Å². The van der Waals surface area contributed by atoms with Crippen LogP contribution in [0, 0.1) is 5.92 Å². The second-order valence-electron chi connectivity index (χ2n) is 15.9. The van der Waals surface area contributed by atoms with Crippen molar-refractivity contribution in [2.45, 2.75) is 70.8 Å². The molecule has 1 saturated carbocycles. The Bertz CT molecular complexity index is 2420. The molecule has 1 unspecified atom stereocenters. The summed E-state index contributed by atoms with van der Waals surface area (Å²) in [5.74, 6) is 0.845. The third-order valence-electron chi connectivity index (χ3n) is 12.7. The molecule has 1 N–H and O–H groups in total. The summed E-state index contributed by atoms with van der Waals surface area (Å²) >= 11 is 6.29.